The van der Waals surface area contributed by atoms with Crippen LogP contribution in [-0.2, 0) is 4.74 Å². The van der Waals surface area contributed by atoms with Gasteiger partial charge in [0, 0.05) is 26.3 Å². The third-order valence-corrected chi connectivity index (χ3v) is 5.58. The minimum Gasteiger partial charge on any atom is -0.393 e. The van der Waals surface area contributed by atoms with Crippen LogP contribution in [0, 0.1) is 11.3 Å². The highest BCUT2D eigenvalue weighted by molar-refractivity contribution is 5.73. The van der Waals surface area contributed by atoms with Crippen molar-refractivity contribution in [3.63, 3.8) is 0 Å². The number of urea groups is 1. The number of ether oxygens (including phenoxy) is 1. The lowest BCUT2D eigenvalue weighted by Crippen LogP contribution is -2.44. The molecule has 0 bridgehead atoms. The van der Waals surface area contributed by atoms with Crippen molar-refractivity contribution in [2.24, 2.45) is 11.3 Å². The molecule has 2 saturated carbocycles. The lowest BCUT2D eigenvalue weighted by molar-refractivity contribution is 0.0999. The van der Waals surface area contributed by atoms with Crippen LogP contribution in [0.1, 0.15) is 64.7 Å². The van der Waals surface area contributed by atoms with Gasteiger partial charge in [-0.05, 0) is 56.8 Å². The molecule has 2 fully saturated rings. The second kappa shape index (κ2) is 9.48. The van der Waals surface area contributed by atoms with Crippen molar-refractivity contribution in [1.82, 2.24) is 10.6 Å². The van der Waals surface area contributed by atoms with Gasteiger partial charge in [0.2, 0.25) is 0 Å². The molecule has 2 aliphatic carbocycles. The first-order chi connectivity index (χ1) is 11.1. The third-order valence-electron chi connectivity index (χ3n) is 5.58. The Bertz CT molecular complexity index is 356. The zero-order valence-corrected chi connectivity index (χ0v) is 14.6. The number of carbonyl (C=O) groups excluding carboxylic acids is 1. The molecule has 5 heteroatoms. The van der Waals surface area contributed by atoms with Crippen LogP contribution in [0.2, 0.25) is 0 Å². The van der Waals surface area contributed by atoms with Gasteiger partial charge in [0.25, 0.3) is 0 Å². The van der Waals surface area contributed by atoms with Crippen molar-refractivity contribution in [2.75, 3.05) is 26.3 Å². The fourth-order valence-corrected chi connectivity index (χ4v) is 4.09. The zero-order chi connectivity index (χ0) is 16.5. The van der Waals surface area contributed by atoms with E-state index in [1.54, 1.807) is 0 Å². The molecule has 5 nitrogen and oxygen atoms in total. The first-order valence-electron chi connectivity index (χ1n) is 9.41. The van der Waals surface area contributed by atoms with Gasteiger partial charge in [-0.3, -0.25) is 0 Å². The molecule has 0 aromatic carbocycles. The predicted octanol–water partition coefficient (Wildman–Crippen LogP) is 2.82. The minimum absolute atomic E-state index is 0.0623. The van der Waals surface area contributed by atoms with E-state index in [2.05, 4.69) is 10.6 Å². The second-order valence-electron chi connectivity index (χ2n) is 7.40. The molecule has 0 spiro atoms. The quantitative estimate of drug-likeness (QED) is 0.601. The molecule has 23 heavy (non-hydrogen) atoms. The Labute approximate surface area is 140 Å². The number of aliphatic hydroxyl groups excluding tert-OH is 1. The van der Waals surface area contributed by atoms with Crippen LogP contribution in [0.4, 0.5) is 4.79 Å². The predicted molar refractivity (Wildman–Crippen MR) is 91.4 cm³/mol. The van der Waals surface area contributed by atoms with E-state index in [4.69, 9.17) is 4.74 Å². The summed E-state index contributed by atoms with van der Waals surface area (Å²) >= 11 is 0. The summed E-state index contributed by atoms with van der Waals surface area (Å²) in [5, 5.41) is 15.8. The van der Waals surface area contributed by atoms with Crippen molar-refractivity contribution in [2.45, 2.75) is 70.8 Å². The molecule has 2 amide bonds. The smallest absolute Gasteiger partial charge is 0.314 e. The fraction of sp³-hybridized carbons (Fsp3) is 0.944. The van der Waals surface area contributed by atoms with Gasteiger partial charge in [0.1, 0.15) is 0 Å². The van der Waals surface area contributed by atoms with Crippen molar-refractivity contribution in [1.29, 1.82) is 0 Å². The maximum Gasteiger partial charge on any atom is 0.314 e. The number of aliphatic hydroxyl groups is 1. The van der Waals surface area contributed by atoms with Gasteiger partial charge >= 0.3 is 6.03 Å². The Kier molecular flexibility index (Phi) is 7.63. The van der Waals surface area contributed by atoms with Crippen LogP contribution >= 0.6 is 0 Å². The second-order valence-corrected chi connectivity index (χ2v) is 7.40. The topological polar surface area (TPSA) is 70.6 Å². The van der Waals surface area contributed by atoms with Crippen molar-refractivity contribution in [3.05, 3.63) is 0 Å². The molecule has 134 valence electrons. The molecule has 2 unspecified atom stereocenters. The molecule has 0 heterocycles. The van der Waals surface area contributed by atoms with E-state index in [0.717, 1.165) is 51.9 Å². The lowest BCUT2D eigenvalue weighted by Gasteiger charge is -2.30. The van der Waals surface area contributed by atoms with E-state index in [1.165, 1.54) is 25.7 Å². The van der Waals surface area contributed by atoms with E-state index >= 15 is 0 Å². The van der Waals surface area contributed by atoms with Crippen LogP contribution in [0.3, 0.4) is 0 Å². The van der Waals surface area contributed by atoms with Crippen LogP contribution in [0.15, 0.2) is 0 Å². The van der Waals surface area contributed by atoms with Crippen LogP contribution < -0.4 is 10.6 Å². The molecular weight excluding hydrogens is 292 g/mol. The Morgan fingerprint density at radius 1 is 1.22 bits per heavy atom. The molecular formula is C18H34N2O3. The van der Waals surface area contributed by atoms with Crippen LogP contribution in [0.25, 0.3) is 0 Å². The van der Waals surface area contributed by atoms with Crippen molar-refractivity contribution in [3.8, 4) is 0 Å². The highest BCUT2D eigenvalue weighted by atomic mass is 16.5. The third kappa shape index (κ3) is 6.30. The summed E-state index contributed by atoms with van der Waals surface area (Å²) in [5.74, 6) is 0.419. The van der Waals surface area contributed by atoms with E-state index in [0.29, 0.717) is 12.5 Å². The molecule has 0 saturated heterocycles. The maximum absolute atomic E-state index is 12.1. The van der Waals surface area contributed by atoms with Gasteiger partial charge in [-0.25, -0.2) is 4.79 Å². The number of amides is 2. The van der Waals surface area contributed by atoms with Crippen molar-refractivity contribution < 1.29 is 14.6 Å². The van der Waals surface area contributed by atoms with E-state index < -0.39 is 0 Å². The largest absolute Gasteiger partial charge is 0.393 e. The molecule has 2 atom stereocenters. The highest BCUT2D eigenvalue weighted by Crippen LogP contribution is 2.40. The summed E-state index contributed by atoms with van der Waals surface area (Å²) in [6.07, 6.45) is 9.65. The summed E-state index contributed by atoms with van der Waals surface area (Å²) in [4.78, 5) is 12.1. The van der Waals surface area contributed by atoms with Gasteiger partial charge in [-0.1, -0.05) is 19.3 Å². The van der Waals surface area contributed by atoms with Crippen LogP contribution in [-0.4, -0.2) is 43.5 Å². The Morgan fingerprint density at radius 2 is 2.00 bits per heavy atom. The summed E-state index contributed by atoms with van der Waals surface area (Å²) in [7, 11) is 0. The molecule has 0 radical (unpaired) electrons. The number of rotatable bonds is 8. The van der Waals surface area contributed by atoms with Gasteiger partial charge in [-0.2, -0.15) is 0 Å². The van der Waals surface area contributed by atoms with Gasteiger partial charge < -0.3 is 20.5 Å². The normalized spacial score (nSPS) is 26.9. The number of carbonyl (C=O) groups is 1. The Morgan fingerprint density at radius 3 is 2.70 bits per heavy atom. The minimum atomic E-state index is -0.182. The number of hydrogen-bond acceptors (Lipinski definition) is 3. The van der Waals surface area contributed by atoms with E-state index in [-0.39, 0.29) is 17.6 Å². The molecule has 0 aromatic heterocycles. The zero-order valence-electron chi connectivity index (χ0n) is 14.6. The SMILES string of the molecule is CCOCCC1(CNC(=O)NCC2CCCC(O)C2)CCCC1. The Hall–Kier alpha value is -0.810. The van der Waals surface area contributed by atoms with Crippen molar-refractivity contribution >= 4 is 6.03 Å². The van der Waals surface area contributed by atoms with Crippen LogP contribution in [0.5, 0.6) is 0 Å². The van der Waals surface area contributed by atoms with Gasteiger partial charge in [-0.15, -0.1) is 0 Å². The maximum atomic E-state index is 12.1. The molecule has 2 rings (SSSR count). The van der Waals surface area contributed by atoms with Gasteiger partial charge in [0.15, 0.2) is 0 Å². The standard InChI is InChI=1S/C18H34N2O3/c1-2-23-11-10-18(8-3-4-9-18)14-20-17(22)19-13-15-6-5-7-16(21)12-15/h15-16,21H,2-14H2,1H3,(H2,19,20,22). The number of hydrogen-bond donors (Lipinski definition) is 3. The summed E-state index contributed by atoms with van der Waals surface area (Å²) < 4.78 is 5.51. The number of nitrogens with one attached hydrogen (secondary N) is 2. The van der Waals surface area contributed by atoms with E-state index in [1.807, 2.05) is 6.92 Å². The van der Waals surface area contributed by atoms with Gasteiger partial charge in [0.05, 0.1) is 6.10 Å². The summed E-state index contributed by atoms with van der Waals surface area (Å²) in [6, 6.07) is -0.0623. The van der Waals surface area contributed by atoms with E-state index in [9.17, 15) is 9.90 Å². The molecule has 0 aromatic rings. The molecule has 2 aliphatic rings. The highest BCUT2D eigenvalue weighted by Gasteiger charge is 2.33. The first-order valence-corrected chi connectivity index (χ1v) is 9.41. The average Bonchev–Trinajstić information content (AvgIpc) is 3.01. The lowest BCUT2D eigenvalue weighted by atomic mass is 9.83. The fourth-order valence-electron chi connectivity index (χ4n) is 4.09. The molecule has 0 aliphatic heterocycles. The monoisotopic (exact) mass is 326 g/mol. The Balaban J connectivity index is 1.67. The summed E-state index contributed by atoms with van der Waals surface area (Å²) in [6.45, 7) is 5.00. The molecule has 3 N–H and O–H groups in total. The first kappa shape index (κ1) is 18.5. The average molecular weight is 326 g/mol. The summed E-state index contributed by atoms with van der Waals surface area (Å²) in [5.41, 5.74) is 0.230.